The summed E-state index contributed by atoms with van der Waals surface area (Å²) in [5, 5.41) is 10.1. The molecule has 1 aliphatic rings. The molecule has 0 saturated carbocycles. The molecule has 0 spiro atoms. The van der Waals surface area contributed by atoms with Gasteiger partial charge in [0.2, 0.25) is 0 Å². The Morgan fingerprint density at radius 3 is 2.35 bits per heavy atom. The largest absolute Gasteiger partial charge is 0.381 e. The van der Waals surface area contributed by atoms with Crippen molar-refractivity contribution in [3.05, 3.63) is 12.7 Å². The Kier molecular flexibility index (Phi) is 4.46. The van der Waals surface area contributed by atoms with Crippen molar-refractivity contribution < 1.29 is 14.7 Å². The molecule has 2 atom stereocenters. The Morgan fingerprint density at radius 1 is 1.35 bits per heavy atom. The quantitative estimate of drug-likeness (QED) is 0.591. The molecule has 0 unspecified atom stereocenters. The summed E-state index contributed by atoms with van der Waals surface area (Å²) in [4.78, 5) is 25.5. The van der Waals surface area contributed by atoms with Gasteiger partial charge in [0.1, 0.15) is 5.60 Å². The zero-order valence-corrected chi connectivity index (χ0v) is 10.6. The van der Waals surface area contributed by atoms with E-state index in [0.717, 1.165) is 19.3 Å². The van der Waals surface area contributed by atoms with Crippen LogP contribution in [0.1, 0.15) is 33.1 Å². The number of rotatable bonds is 4. The number of carbonyl (C=O) groups excluding carboxylic acids is 2. The first kappa shape index (κ1) is 13.9. The molecule has 1 rings (SSSR count). The molecule has 0 bridgehead atoms. The average Bonchev–Trinajstić information content (AvgIpc) is 2.36. The summed E-state index contributed by atoms with van der Waals surface area (Å²) < 4.78 is 0. The van der Waals surface area contributed by atoms with Crippen molar-refractivity contribution in [2.45, 2.75) is 38.7 Å². The first-order valence-electron chi connectivity index (χ1n) is 6.10. The topological polar surface area (TPSA) is 57.6 Å². The summed E-state index contributed by atoms with van der Waals surface area (Å²) in [6, 6.07) is 0. The molecular formula is C13H21NO3. The van der Waals surface area contributed by atoms with E-state index in [1.165, 1.54) is 17.9 Å². The van der Waals surface area contributed by atoms with Crippen LogP contribution in [0.3, 0.4) is 0 Å². The Bertz CT molecular complexity index is 317. The first-order valence-corrected chi connectivity index (χ1v) is 6.10. The minimum Gasteiger partial charge on any atom is -0.381 e. The molecule has 4 heteroatoms. The number of carbonyl (C=O) groups is 2. The van der Waals surface area contributed by atoms with Gasteiger partial charge in [0.25, 0.3) is 11.7 Å². The third kappa shape index (κ3) is 2.94. The monoisotopic (exact) mass is 239 g/mol. The van der Waals surface area contributed by atoms with Gasteiger partial charge in [-0.3, -0.25) is 9.59 Å². The van der Waals surface area contributed by atoms with Gasteiger partial charge < -0.3 is 10.0 Å². The van der Waals surface area contributed by atoms with E-state index in [9.17, 15) is 14.7 Å². The van der Waals surface area contributed by atoms with E-state index >= 15 is 0 Å². The molecule has 0 aromatic heterocycles. The number of hydrogen-bond acceptors (Lipinski definition) is 3. The highest BCUT2D eigenvalue weighted by Gasteiger charge is 2.41. The zero-order chi connectivity index (χ0) is 13.1. The second-order valence-electron chi connectivity index (χ2n) is 4.85. The Balaban J connectivity index is 2.74. The third-order valence-corrected chi connectivity index (χ3v) is 3.54. The maximum atomic E-state index is 12.0. The number of amides is 1. The second kappa shape index (κ2) is 5.45. The van der Waals surface area contributed by atoms with Gasteiger partial charge >= 0.3 is 0 Å². The molecule has 1 N–H and O–H groups in total. The lowest BCUT2D eigenvalue weighted by Gasteiger charge is -2.31. The molecular weight excluding hydrogens is 218 g/mol. The molecule has 0 radical (unpaired) electrons. The van der Waals surface area contributed by atoms with Crippen molar-refractivity contribution in [2.75, 3.05) is 13.1 Å². The maximum absolute atomic E-state index is 12.0. The summed E-state index contributed by atoms with van der Waals surface area (Å²) in [6.07, 6.45) is 4.44. The molecule has 0 aliphatic carbocycles. The average molecular weight is 239 g/mol. The van der Waals surface area contributed by atoms with Gasteiger partial charge in [0.05, 0.1) is 0 Å². The number of nitrogens with zero attached hydrogens (tertiary/aromatic N) is 1. The van der Waals surface area contributed by atoms with Crippen LogP contribution in [-0.4, -0.2) is 40.4 Å². The Morgan fingerprint density at radius 2 is 1.88 bits per heavy atom. The van der Waals surface area contributed by atoms with E-state index in [1.807, 2.05) is 0 Å². The fourth-order valence-corrected chi connectivity index (χ4v) is 1.89. The lowest BCUT2D eigenvalue weighted by molar-refractivity contribution is -0.156. The van der Waals surface area contributed by atoms with Crippen LogP contribution in [0.25, 0.3) is 0 Å². The minimum atomic E-state index is -1.66. The van der Waals surface area contributed by atoms with Gasteiger partial charge in [-0.25, -0.2) is 0 Å². The number of ketones is 1. The van der Waals surface area contributed by atoms with Crippen LogP contribution >= 0.6 is 0 Å². The lowest BCUT2D eigenvalue weighted by Crippen LogP contribution is -2.51. The SMILES string of the molecule is C=C[C@H](C)[C@@](C)(O)C(=O)C(=O)N1CCCCC1. The highest BCUT2D eigenvalue weighted by atomic mass is 16.3. The smallest absolute Gasteiger partial charge is 0.293 e. The Labute approximate surface area is 102 Å². The Hall–Kier alpha value is -1.16. The molecule has 1 aliphatic heterocycles. The maximum Gasteiger partial charge on any atom is 0.293 e. The van der Waals surface area contributed by atoms with Crippen molar-refractivity contribution in [3.8, 4) is 0 Å². The van der Waals surface area contributed by atoms with Crippen LogP contribution in [0.5, 0.6) is 0 Å². The molecule has 1 fully saturated rings. The molecule has 1 heterocycles. The molecule has 96 valence electrons. The van der Waals surface area contributed by atoms with E-state index in [2.05, 4.69) is 6.58 Å². The molecule has 0 aromatic carbocycles. The number of piperidine rings is 1. The van der Waals surface area contributed by atoms with Gasteiger partial charge in [-0.15, -0.1) is 6.58 Å². The predicted molar refractivity (Wildman–Crippen MR) is 65.4 cm³/mol. The van der Waals surface area contributed by atoms with Crippen molar-refractivity contribution in [1.29, 1.82) is 0 Å². The second-order valence-corrected chi connectivity index (χ2v) is 4.85. The van der Waals surface area contributed by atoms with Gasteiger partial charge in [-0.2, -0.15) is 0 Å². The van der Waals surface area contributed by atoms with E-state index in [0.29, 0.717) is 13.1 Å². The minimum absolute atomic E-state index is 0.441. The van der Waals surface area contributed by atoms with Crippen LogP contribution in [-0.2, 0) is 9.59 Å². The van der Waals surface area contributed by atoms with Gasteiger partial charge in [-0.05, 0) is 26.2 Å². The highest BCUT2D eigenvalue weighted by Crippen LogP contribution is 2.21. The van der Waals surface area contributed by atoms with Gasteiger partial charge in [0.15, 0.2) is 0 Å². The van der Waals surface area contributed by atoms with Gasteiger partial charge in [0, 0.05) is 19.0 Å². The zero-order valence-electron chi connectivity index (χ0n) is 10.6. The number of hydrogen-bond donors (Lipinski definition) is 1. The first-order chi connectivity index (χ1) is 7.91. The van der Waals surface area contributed by atoms with Crippen molar-refractivity contribution in [2.24, 2.45) is 5.92 Å². The van der Waals surface area contributed by atoms with Crippen LogP contribution < -0.4 is 0 Å². The summed E-state index contributed by atoms with van der Waals surface area (Å²) in [5.74, 6) is -1.74. The van der Waals surface area contributed by atoms with Crippen molar-refractivity contribution in [3.63, 3.8) is 0 Å². The summed E-state index contributed by atoms with van der Waals surface area (Å²) >= 11 is 0. The van der Waals surface area contributed by atoms with E-state index in [1.54, 1.807) is 6.92 Å². The van der Waals surface area contributed by atoms with Crippen molar-refractivity contribution >= 4 is 11.7 Å². The summed E-state index contributed by atoms with van der Waals surface area (Å²) in [6.45, 7) is 7.83. The van der Waals surface area contributed by atoms with E-state index in [-0.39, 0.29) is 0 Å². The molecule has 4 nitrogen and oxygen atoms in total. The normalized spacial score (nSPS) is 21.5. The molecule has 1 saturated heterocycles. The summed E-state index contributed by atoms with van der Waals surface area (Å²) in [5.41, 5.74) is -1.66. The summed E-state index contributed by atoms with van der Waals surface area (Å²) in [7, 11) is 0. The fourth-order valence-electron chi connectivity index (χ4n) is 1.89. The fraction of sp³-hybridized carbons (Fsp3) is 0.692. The van der Waals surface area contributed by atoms with E-state index in [4.69, 9.17) is 0 Å². The van der Waals surface area contributed by atoms with Crippen LogP contribution in [0.4, 0.5) is 0 Å². The predicted octanol–water partition coefficient (Wildman–Crippen LogP) is 1.14. The number of likely N-dealkylation sites (tertiary alicyclic amines) is 1. The van der Waals surface area contributed by atoms with Crippen LogP contribution in [0.2, 0.25) is 0 Å². The van der Waals surface area contributed by atoms with Crippen molar-refractivity contribution in [1.82, 2.24) is 4.90 Å². The lowest BCUT2D eigenvalue weighted by atomic mass is 9.86. The standard InChI is InChI=1S/C13H21NO3/c1-4-10(2)13(3,17)11(15)12(16)14-8-6-5-7-9-14/h4,10,17H,1,5-9H2,2-3H3/t10-,13+/m0/s1. The van der Waals surface area contributed by atoms with Crippen LogP contribution in [0, 0.1) is 5.92 Å². The van der Waals surface area contributed by atoms with Crippen LogP contribution in [0.15, 0.2) is 12.7 Å². The van der Waals surface area contributed by atoms with E-state index < -0.39 is 23.2 Å². The highest BCUT2D eigenvalue weighted by molar-refractivity contribution is 6.39. The third-order valence-electron chi connectivity index (χ3n) is 3.54. The van der Waals surface area contributed by atoms with Gasteiger partial charge in [-0.1, -0.05) is 13.0 Å². The number of Topliss-reactive ketones (excluding diaryl/α,β-unsaturated/α-hetero) is 1. The molecule has 0 aromatic rings. The molecule has 17 heavy (non-hydrogen) atoms. The number of aliphatic hydroxyl groups is 1. The molecule has 1 amide bonds.